The Kier molecular flexibility index (Phi) is 5.25. The maximum absolute atomic E-state index is 4.51. The lowest BCUT2D eigenvalue weighted by molar-refractivity contribution is 0.175. The van der Waals surface area contributed by atoms with Gasteiger partial charge in [-0.15, -0.1) is 0 Å². The molecule has 0 saturated heterocycles. The minimum absolute atomic E-state index is 0.452. The van der Waals surface area contributed by atoms with Crippen LogP contribution in [0.2, 0.25) is 0 Å². The molecule has 1 saturated carbocycles. The molecule has 0 amide bonds. The van der Waals surface area contributed by atoms with Crippen LogP contribution in [0.15, 0.2) is 6.07 Å². The Balaban J connectivity index is 2.04. The van der Waals surface area contributed by atoms with Gasteiger partial charge >= 0.3 is 0 Å². The van der Waals surface area contributed by atoms with Gasteiger partial charge in [0.05, 0.1) is 5.69 Å². The van der Waals surface area contributed by atoms with Gasteiger partial charge in [0.1, 0.15) is 0 Å². The quantitative estimate of drug-likeness (QED) is 0.863. The molecule has 0 unspecified atom stereocenters. The fourth-order valence-corrected chi connectivity index (χ4v) is 3.56. The van der Waals surface area contributed by atoms with Crippen LogP contribution in [-0.4, -0.2) is 22.9 Å². The predicted octanol–water partition coefficient (Wildman–Crippen LogP) is 3.47. The Bertz CT molecular complexity index is 414. The van der Waals surface area contributed by atoms with Gasteiger partial charge in [-0.1, -0.05) is 33.1 Å². The third kappa shape index (κ3) is 4.08. The third-order valence-electron chi connectivity index (χ3n) is 4.62. The maximum Gasteiger partial charge on any atom is 0.0596 e. The minimum atomic E-state index is 0.452. The molecule has 1 N–H and O–H groups in total. The van der Waals surface area contributed by atoms with Gasteiger partial charge in [-0.2, -0.15) is 5.10 Å². The van der Waals surface area contributed by atoms with Crippen molar-refractivity contribution in [3.05, 3.63) is 17.5 Å². The third-order valence-corrected chi connectivity index (χ3v) is 4.62. The van der Waals surface area contributed by atoms with Crippen LogP contribution in [0.4, 0.5) is 0 Å². The summed E-state index contributed by atoms with van der Waals surface area (Å²) in [6.07, 6.45) is 8.09. The first-order valence-corrected chi connectivity index (χ1v) is 8.21. The molecular formula is C17H31N3. The highest BCUT2D eigenvalue weighted by atomic mass is 15.3. The standard InChI is InChI=1S/C17H31N3/c1-14(2)12-18-13-17(8-6-5-7-9-17)11-16-10-15(3)19-20(16)4/h10,14,18H,5-9,11-13H2,1-4H3. The van der Waals surface area contributed by atoms with E-state index in [0.717, 1.165) is 24.7 Å². The van der Waals surface area contributed by atoms with Crippen LogP contribution in [0.5, 0.6) is 0 Å². The molecule has 20 heavy (non-hydrogen) atoms. The molecule has 1 aliphatic rings. The van der Waals surface area contributed by atoms with Crippen molar-refractivity contribution in [2.24, 2.45) is 18.4 Å². The van der Waals surface area contributed by atoms with E-state index in [1.807, 2.05) is 0 Å². The molecule has 0 aromatic carbocycles. The van der Waals surface area contributed by atoms with Crippen LogP contribution in [0.25, 0.3) is 0 Å². The molecule has 1 heterocycles. The van der Waals surface area contributed by atoms with Gasteiger partial charge in [0.25, 0.3) is 0 Å². The van der Waals surface area contributed by atoms with Crippen molar-refractivity contribution in [2.75, 3.05) is 13.1 Å². The Morgan fingerprint density at radius 1 is 1.30 bits per heavy atom. The van der Waals surface area contributed by atoms with Gasteiger partial charge in [-0.05, 0) is 50.1 Å². The van der Waals surface area contributed by atoms with Gasteiger partial charge in [0, 0.05) is 19.3 Å². The summed E-state index contributed by atoms with van der Waals surface area (Å²) < 4.78 is 2.08. The molecule has 0 radical (unpaired) electrons. The van der Waals surface area contributed by atoms with E-state index in [4.69, 9.17) is 0 Å². The first kappa shape index (κ1) is 15.6. The number of hydrogen-bond donors (Lipinski definition) is 1. The fraction of sp³-hybridized carbons (Fsp3) is 0.824. The van der Waals surface area contributed by atoms with Gasteiger partial charge < -0.3 is 5.32 Å². The fourth-order valence-electron chi connectivity index (χ4n) is 3.56. The average molecular weight is 277 g/mol. The molecule has 2 rings (SSSR count). The monoisotopic (exact) mass is 277 g/mol. The Morgan fingerprint density at radius 2 is 2.00 bits per heavy atom. The van der Waals surface area contributed by atoms with Crippen molar-refractivity contribution in [2.45, 2.75) is 59.3 Å². The molecule has 1 aromatic rings. The van der Waals surface area contributed by atoms with Crippen molar-refractivity contribution >= 4 is 0 Å². The summed E-state index contributed by atoms with van der Waals surface area (Å²) in [6.45, 7) is 8.95. The second kappa shape index (κ2) is 6.75. The smallest absolute Gasteiger partial charge is 0.0596 e. The average Bonchev–Trinajstić information content (AvgIpc) is 2.68. The van der Waals surface area contributed by atoms with Crippen LogP contribution in [0, 0.1) is 18.3 Å². The lowest BCUT2D eigenvalue weighted by atomic mass is 9.71. The highest BCUT2D eigenvalue weighted by Gasteiger charge is 2.32. The zero-order valence-corrected chi connectivity index (χ0v) is 13.7. The van der Waals surface area contributed by atoms with Crippen molar-refractivity contribution in [1.29, 1.82) is 0 Å². The summed E-state index contributed by atoms with van der Waals surface area (Å²) in [7, 11) is 2.08. The maximum atomic E-state index is 4.51. The minimum Gasteiger partial charge on any atom is -0.316 e. The molecule has 1 aromatic heterocycles. The highest BCUT2D eigenvalue weighted by molar-refractivity contribution is 5.11. The van der Waals surface area contributed by atoms with Crippen LogP contribution < -0.4 is 5.32 Å². The van der Waals surface area contributed by atoms with E-state index in [1.165, 1.54) is 44.2 Å². The number of nitrogens with zero attached hydrogens (tertiary/aromatic N) is 2. The van der Waals surface area contributed by atoms with E-state index in [1.54, 1.807) is 0 Å². The lowest BCUT2D eigenvalue weighted by Gasteiger charge is -2.38. The summed E-state index contributed by atoms with van der Waals surface area (Å²) in [4.78, 5) is 0. The molecule has 3 nitrogen and oxygen atoms in total. The zero-order valence-electron chi connectivity index (χ0n) is 13.7. The SMILES string of the molecule is Cc1cc(CC2(CNCC(C)C)CCCCC2)n(C)n1. The Hall–Kier alpha value is -0.830. The van der Waals surface area contributed by atoms with Gasteiger partial charge in [0.2, 0.25) is 0 Å². The second-order valence-corrected chi connectivity index (χ2v) is 7.16. The molecule has 3 heteroatoms. The van der Waals surface area contributed by atoms with Crippen molar-refractivity contribution in [3.63, 3.8) is 0 Å². The molecular weight excluding hydrogens is 246 g/mol. The number of aromatic nitrogens is 2. The van der Waals surface area contributed by atoms with Crippen LogP contribution in [0.1, 0.15) is 57.3 Å². The first-order chi connectivity index (χ1) is 9.51. The molecule has 0 aliphatic heterocycles. The number of rotatable bonds is 6. The molecule has 1 fully saturated rings. The number of nitrogens with one attached hydrogen (secondary N) is 1. The summed E-state index contributed by atoms with van der Waals surface area (Å²) >= 11 is 0. The van der Waals surface area contributed by atoms with Gasteiger partial charge in [-0.3, -0.25) is 4.68 Å². The summed E-state index contributed by atoms with van der Waals surface area (Å²) in [5.74, 6) is 0.731. The molecule has 0 spiro atoms. The molecule has 0 bridgehead atoms. The first-order valence-electron chi connectivity index (χ1n) is 8.21. The summed E-state index contributed by atoms with van der Waals surface area (Å²) in [6, 6.07) is 2.26. The van der Waals surface area contributed by atoms with Gasteiger partial charge in [0.15, 0.2) is 0 Å². The lowest BCUT2D eigenvalue weighted by Crippen LogP contribution is -2.39. The van der Waals surface area contributed by atoms with E-state index < -0.39 is 0 Å². The van der Waals surface area contributed by atoms with Crippen LogP contribution in [0.3, 0.4) is 0 Å². The number of aryl methyl sites for hydroxylation is 2. The van der Waals surface area contributed by atoms with Gasteiger partial charge in [-0.25, -0.2) is 0 Å². The van der Waals surface area contributed by atoms with E-state index >= 15 is 0 Å². The Labute approximate surface area is 124 Å². The van der Waals surface area contributed by atoms with Crippen molar-refractivity contribution < 1.29 is 0 Å². The molecule has 114 valence electrons. The van der Waals surface area contributed by atoms with E-state index in [0.29, 0.717) is 5.41 Å². The largest absolute Gasteiger partial charge is 0.316 e. The van der Waals surface area contributed by atoms with Crippen LogP contribution in [-0.2, 0) is 13.5 Å². The summed E-state index contributed by atoms with van der Waals surface area (Å²) in [5.41, 5.74) is 2.99. The normalized spacial score (nSPS) is 18.6. The topological polar surface area (TPSA) is 29.9 Å². The highest BCUT2D eigenvalue weighted by Crippen LogP contribution is 2.38. The predicted molar refractivity (Wildman–Crippen MR) is 84.9 cm³/mol. The molecule has 1 aliphatic carbocycles. The second-order valence-electron chi connectivity index (χ2n) is 7.16. The van der Waals surface area contributed by atoms with E-state index in [-0.39, 0.29) is 0 Å². The Morgan fingerprint density at radius 3 is 2.55 bits per heavy atom. The van der Waals surface area contributed by atoms with E-state index in [9.17, 15) is 0 Å². The van der Waals surface area contributed by atoms with Crippen molar-refractivity contribution in [1.82, 2.24) is 15.1 Å². The number of hydrogen-bond acceptors (Lipinski definition) is 2. The van der Waals surface area contributed by atoms with Crippen molar-refractivity contribution in [3.8, 4) is 0 Å². The van der Waals surface area contributed by atoms with E-state index in [2.05, 4.69) is 49.0 Å². The van der Waals surface area contributed by atoms with Crippen LogP contribution >= 0.6 is 0 Å². The molecule has 0 atom stereocenters. The summed E-state index contributed by atoms with van der Waals surface area (Å²) in [5, 5.41) is 8.22. The zero-order chi connectivity index (χ0) is 14.6.